The Kier molecular flexibility index (Phi) is 5.45. The summed E-state index contributed by atoms with van der Waals surface area (Å²) >= 11 is 5.86. The van der Waals surface area contributed by atoms with E-state index >= 15 is 0 Å². The quantitative estimate of drug-likeness (QED) is 0.811. The van der Waals surface area contributed by atoms with Crippen molar-refractivity contribution < 1.29 is 23.8 Å². The van der Waals surface area contributed by atoms with Gasteiger partial charge in [0.1, 0.15) is 13.3 Å². The molecule has 18 heavy (non-hydrogen) atoms. The highest BCUT2D eigenvalue weighted by molar-refractivity contribution is 6.31. The Labute approximate surface area is 109 Å². The number of benzene rings is 1. The molecule has 0 radical (unpaired) electrons. The maximum Gasteiger partial charge on any atom is 0.328 e. The average molecular weight is 275 g/mol. The van der Waals surface area contributed by atoms with Crippen LogP contribution in [0.5, 0.6) is 11.5 Å². The second-order valence-corrected chi connectivity index (χ2v) is 3.67. The molecule has 0 saturated carbocycles. The molecule has 1 aromatic rings. The molecule has 0 amide bonds. The molecular weight excluding hydrogens is 263 g/mol. The average Bonchev–Trinajstić information content (AvgIpc) is 2.34. The molecule has 1 N–H and O–H groups in total. The van der Waals surface area contributed by atoms with E-state index in [2.05, 4.69) is 0 Å². The highest BCUT2D eigenvalue weighted by atomic mass is 35.5. The number of rotatable bonds is 6. The normalized spacial score (nSPS) is 10.6. The Morgan fingerprint density at radius 3 is 2.83 bits per heavy atom. The van der Waals surface area contributed by atoms with Gasteiger partial charge in [0, 0.05) is 22.7 Å². The summed E-state index contributed by atoms with van der Waals surface area (Å²) in [5.41, 5.74) is 0.412. The van der Waals surface area contributed by atoms with Crippen molar-refractivity contribution in [1.82, 2.24) is 0 Å². The van der Waals surface area contributed by atoms with E-state index in [9.17, 15) is 9.18 Å². The lowest BCUT2D eigenvalue weighted by Crippen LogP contribution is -2.02. The van der Waals surface area contributed by atoms with Crippen molar-refractivity contribution in [2.24, 2.45) is 0 Å². The minimum atomic E-state index is -1.11. The first-order valence-corrected chi connectivity index (χ1v) is 5.43. The van der Waals surface area contributed by atoms with Crippen LogP contribution < -0.4 is 9.47 Å². The van der Waals surface area contributed by atoms with E-state index in [1.165, 1.54) is 25.3 Å². The Morgan fingerprint density at radius 2 is 2.28 bits per heavy atom. The smallest absolute Gasteiger partial charge is 0.328 e. The largest absolute Gasteiger partial charge is 0.493 e. The molecule has 6 heteroatoms. The van der Waals surface area contributed by atoms with Crippen LogP contribution in [0, 0.1) is 0 Å². The third-order valence-corrected chi connectivity index (χ3v) is 2.22. The zero-order chi connectivity index (χ0) is 13.5. The van der Waals surface area contributed by atoms with Gasteiger partial charge in [-0.3, -0.25) is 0 Å². The van der Waals surface area contributed by atoms with Crippen molar-refractivity contribution in [3.63, 3.8) is 0 Å². The maximum absolute atomic E-state index is 12.1. The topological polar surface area (TPSA) is 55.8 Å². The van der Waals surface area contributed by atoms with Crippen LogP contribution in [0.25, 0.3) is 6.08 Å². The number of ether oxygens (including phenoxy) is 2. The van der Waals surface area contributed by atoms with Crippen LogP contribution >= 0.6 is 11.6 Å². The summed E-state index contributed by atoms with van der Waals surface area (Å²) in [5.74, 6) is -0.525. The molecule has 0 atom stereocenters. The Balaban J connectivity index is 3.18. The number of carboxylic acids is 1. The molecule has 0 heterocycles. The third kappa shape index (κ3) is 3.92. The van der Waals surface area contributed by atoms with Crippen molar-refractivity contribution in [2.75, 3.05) is 20.4 Å². The van der Waals surface area contributed by atoms with Crippen LogP contribution in [0.15, 0.2) is 18.2 Å². The second-order valence-electron chi connectivity index (χ2n) is 3.24. The number of halogens is 2. The molecule has 0 unspecified atom stereocenters. The highest BCUT2D eigenvalue weighted by Crippen LogP contribution is 2.35. The van der Waals surface area contributed by atoms with Gasteiger partial charge in [0.15, 0.2) is 11.5 Å². The van der Waals surface area contributed by atoms with Crippen molar-refractivity contribution >= 4 is 23.6 Å². The maximum atomic E-state index is 12.1. The van der Waals surface area contributed by atoms with Gasteiger partial charge in [0.05, 0.1) is 7.11 Å². The van der Waals surface area contributed by atoms with Crippen LogP contribution in [0.4, 0.5) is 4.39 Å². The van der Waals surface area contributed by atoms with E-state index in [1.807, 2.05) is 0 Å². The number of aliphatic carboxylic acids is 1. The van der Waals surface area contributed by atoms with Gasteiger partial charge in [-0.2, -0.15) is 0 Å². The van der Waals surface area contributed by atoms with Gasteiger partial charge in [-0.05, 0) is 12.1 Å². The molecular formula is C12H12ClFO4. The lowest BCUT2D eigenvalue weighted by molar-refractivity contribution is -0.131. The first-order chi connectivity index (χ1) is 8.58. The van der Waals surface area contributed by atoms with E-state index in [4.69, 9.17) is 26.2 Å². The molecule has 0 spiro atoms. The molecule has 98 valence electrons. The third-order valence-electron chi connectivity index (χ3n) is 2.00. The van der Waals surface area contributed by atoms with Gasteiger partial charge in [0.25, 0.3) is 0 Å². The number of alkyl halides is 1. The standard InChI is InChI=1S/C12H12ClFO4/c1-17-10-7-9(13)6-8(2-3-11(15)16)12(10)18-5-4-14/h2-3,6-7H,4-5H2,1H3,(H,15,16)/b3-2+. The van der Waals surface area contributed by atoms with Crippen LogP contribution in [0.1, 0.15) is 5.56 Å². The molecule has 0 aromatic heterocycles. The molecule has 0 bridgehead atoms. The number of hydrogen-bond donors (Lipinski definition) is 1. The lowest BCUT2D eigenvalue weighted by Gasteiger charge is -2.13. The van der Waals surface area contributed by atoms with Gasteiger partial charge < -0.3 is 14.6 Å². The predicted octanol–water partition coefficient (Wildman–Crippen LogP) is 2.79. The summed E-state index contributed by atoms with van der Waals surface area (Å²) in [6, 6.07) is 3.02. The molecule has 0 aliphatic heterocycles. The Hall–Kier alpha value is -1.75. The molecule has 0 saturated heterocycles. The number of methoxy groups -OCH3 is 1. The minimum absolute atomic E-state index is 0.147. The van der Waals surface area contributed by atoms with E-state index in [0.29, 0.717) is 16.3 Å². The van der Waals surface area contributed by atoms with Crippen molar-refractivity contribution in [2.45, 2.75) is 0 Å². The SMILES string of the molecule is COc1cc(Cl)cc(/C=C/C(=O)O)c1OCCF. The summed E-state index contributed by atoms with van der Waals surface area (Å²) in [4.78, 5) is 10.5. The van der Waals surface area contributed by atoms with Crippen molar-refractivity contribution in [3.8, 4) is 11.5 Å². The van der Waals surface area contributed by atoms with Crippen molar-refractivity contribution in [1.29, 1.82) is 0 Å². The van der Waals surface area contributed by atoms with Gasteiger partial charge in [0.2, 0.25) is 0 Å². The predicted molar refractivity (Wildman–Crippen MR) is 66.1 cm³/mol. The minimum Gasteiger partial charge on any atom is -0.493 e. The number of carbonyl (C=O) groups is 1. The van der Waals surface area contributed by atoms with Crippen LogP contribution in [0.3, 0.4) is 0 Å². The van der Waals surface area contributed by atoms with E-state index in [0.717, 1.165) is 6.08 Å². The first-order valence-electron chi connectivity index (χ1n) is 5.05. The van der Waals surface area contributed by atoms with Gasteiger partial charge in [-0.15, -0.1) is 0 Å². The fourth-order valence-electron chi connectivity index (χ4n) is 1.32. The summed E-state index contributed by atoms with van der Waals surface area (Å²) in [6.07, 6.45) is 2.25. The monoisotopic (exact) mass is 274 g/mol. The van der Waals surface area contributed by atoms with Crippen molar-refractivity contribution in [3.05, 3.63) is 28.8 Å². The van der Waals surface area contributed by atoms with Gasteiger partial charge in [-0.1, -0.05) is 11.6 Å². The highest BCUT2D eigenvalue weighted by Gasteiger charge is 2.11. The van der Waals surface area contributed by atoms with Crippen LogP contribution in [0.2, 0.25) is 5.02 Å². The summed E-state index contributed by atoms with van der Waals surface area (Å²) in [5, 5.41) is 8.95. The molecule has 0 aliphatic carbocycles. The first kappa shape index (κ1) is 14.3. The number of hydrogen-bond acceptors (Lipinski definition) is 3. The van der Waals surface area contributed by atoms with Gasteiger partial charge >= 0.3 is 5.97 Å². The Bertz CT molecular complexity index is 460. The van der Waals surface area contributed by atoms with E-state index in [-0.39, 0.29) is 12.4 Å². The zero-order valence-electron chi connectivity index (χ0n) is 9.65. The lowest BCUT2D eigenvalue weighted by atomic mass is 10.1. The van der Waals surface area contributed by atoms with Gasteiger partial charge in [-0.25, -0.2) is 9.18 Å². The molecule has 0 aliphatic rings. The molecule has 4 nitrogen and oxygen atoms in total. The zero-order valence-corrected chi connectivity index (χ0v) is 10.4. The summed E-state index contributed by atoms with van der Waals surface area (Å²) < 4.78 is 22.4. The van der Waals surface area contributed by atoms with Crippen LogP contribution in [-0.4, -0.2) is 31.5 Å². The van der Waals surface area contributed by atoms with Crippen LogP contribution in [-0.2, 0) is 4.79 Å². The molecule has 1 aromatic carbocycles. The molecule has 0 fully saturated rings. The van der Waals surface area contributed by atoms with E-state index in [1.54, 1.807) is 0 Å². The fourth-order valence-corrected chi connectivity index (χ4v) is 1.54. The fraction of sp³-hybridized carbons (Fsp3) is 0.250. The Morgan fingerprint density at radius 1 is 1.56 bits per heavy atom. The van der Waals surface area contributed by atoms with E-state index < -0.39 is 12.6 Å². The second kappa shape index (κ2) is 6.86. The summed E-state index contributed by atoms with van der Waals surface area (Å²) in [7, 11) is 1.42. The molecule has 1 rings (SSSR count). The summed E-state index contributed by atoms with van der Waals surface area (Å²) in [6.45, 7) is -0.806. The number of carboxylic acid groups (broad SMARTS) is 1.